The zero-order valence-corrected chi connectivity index (χ0v) is 13.5. The minimum Gasteiger partial charge on any atom is -0.325 e. The summed E-state index contributed by atoms with van der Waals surface area (Å²) in [6.45, 7) is 5.14. The predicted octanol–water partition coefficient (Wildman–Crippen LogP) is 4.87. The number of aromatic nitrogens is 2. The minimum atomic E-state index is 0.883. The van der Waals surface area contributed by atoms with Crippen LogP contribution in [-0.2, 0) is 6.54 Å². The summed E-state index contributed by atoms with van der Waals surface area (Å²) in [7, 11) is 0. The van der Waals surface area contributed by atoms with Crippen LogP contribution in [0.4, 0.5) is 11.6 Å². The minimum absolute atomic E-state index is 0.883. The first-order valence-corrected chi connectivity index (χ1v) is 7.44. The molecule has 0 saturated carbocycles. The maximum atomic E-state index is 4.51. The monoisotopic (exact) mass is 371 g/mol. The van der Waals surface area contributed by atoms with E-state index in [9.17, 15) is 0 Å². The summed E-state index contributed by atoms with van der Waals surface area (Å²) in [6, 6.07) is 6.04. The summed E-state index contributed by atoms with van der Waals surface area (Å²) >= 11 is 7.01. The van der Waals surface area contributed by atoms with Gasteiger partial charge in [-0.15, -0.1) is 0 Å². The van der Waals surface area contributed by atoms with Gasteiger partial charge in [-0.2, -0.15) is 0 Å². The predicted molar refractivity (Wildman–Crippen MR) is 82.4 cm³/mol. The lowest BCUT2D eigenvalue weighted by atomic mass is 10.3. The molecule has 18 heavy (non-hydrogen) atoms. The van der Waals surface area contributed by atoms with E-state index in [-0.39, 0.29) is 0 Å². The third-order valence-corrected chi connectivity index (χ3v) is 3.72. The number of anilines is 2. The van der Waals surface area contributed by atoms with Gasteiger partial charge in [0.15, 0.2) is 0 Å². The molecule has 2 rings (SSSR count). The van der Waals surface area contributed by atoms with Crippen molar-refractivity contribution in [2.75, 3.05) is 5.32 Å². The Kier molecular flexibility index (Phi) is 4.45. The normalized spacial score (nSPS) is 10.7. The first-order valence-electron chi connectivity index (χ1n) is 5.86. The van der Waals surface area contributed by atoms with Gasteiger partial charge >= 0.3 is 0 Å². The van der Waals surface area contributed by atoms with Gasteiger partial charge in [-0.1, -0.05) is 22.9 Å². The number of hydrogen-bond acceptors (Lipinski definition) is 2. The van der Waals surface area contributed by atoms with Gasteiger partial charge in [-0.25, -0.2) is 4.98 Å². The van der Waals surface area contributed by atoms with Crippen LogP contribution >= 0.6 is 31.9 Å². The van der Waals surface area contributed by atoms with E-state index in [0.717, 1.165) is 39.2 Å². The molecule has 0 unspecified atom stereocenters. The summed E-state index contributed by atoms with van der Waals surface area (Å²) in [4.78, 5) is 4.51. The second-order valence-corrected chi connectivity index (χ2v) is 5.92. The number of benzene rings is 1. The van der Waals surface area contributed by atoms with E-state index in [0.29, 0.717) is 0 Å². The van der Waals surface area contributed by atoms with Crippen LogP contribution in [0.5, 0.6) is 0 Å². The molecule has 0 aliphatic carbocycles. The fourth-order valence-corrected chi connectivity index (χ4v) is 2.48. The van der Waals surface area contributed by atoms with Crippen LogP contribution in [0.3, 0.4) is 0 Å². The molecule has 0 saturated heterocycles. The molecule has 96 valence electrons. The molecular formula is C13H15Br2N3. The maximum Gasteiger partial charge on any atom is 0.207 e. The van der Waals surface area contributed by atoms with Gasteiger partial charge in [0.25, 0.3) is 0 Å². The molecule has 5 heteroatoms. The van der Waals surface area contributed by atoms with Crippen LogP contribution in [0.25, 0.3) is 0 Å². The van der Waals surface area contributed by atoms with Gasteiger partial charge in [0.2, 0.25) is 5.95 Å². The largest absolute Gasteiger partial charge is 0.325 e. The Hall–Kier alpha value is -0.810. The Bertz CT molecular complexity index is 549. The van der Waals surface area contributed by atoms with E-state index in [1.807, 2.05) is 25.1 Å². The lowest BCUT2D eigenvalue weighted by Crippen LogP contribution is -2.03. The topological polar surface area (TPSA) is 29.9 Å². The molecular weight excluding hydrogens is 358 g/mol. The van der Waals surface area contributed by atoms with Gasteiger partial charge in [0, 0.05) is 21.7 Å². The summed E-state index contributed by atoms with van der Waals surface area (Å²) in [6.07, 6.45) is 3.15. The van der Waals surface area contributed by atoms with Crippen molar-refractivity contribution in [1.29, 1.82) is 0 Å². The van der Waals surface area contributed by atoms with E-state index in [1.54, 1.807) is 0 Å². The van der Waals surface area contributed by atoms with Crippen molar-refractivity contribution >= 4 is 43.5 Å². The quantitative estimate of drug-likeness (QED) is 0.829. The maximum absolute atomic E-state index is 4.51. The average molecular weight is 373 g/mol. The standard InChI is InChI=1S/C13H15Br2N3/c1-3-6-18-8-9(2)16-13(18)17-12-7-10(14)4-5-11(12)15/h4-5,7-8H,3,6H2,1-2H3,(H,16,17). The summed E-state index contributed by atoms with van der Waals surface area (Å²) < 4.78 is 4.20. The number of rotatable bonds is 4. The molecule has 0 radical (unpaired) electrons. The van der Waals surface area contributed by atoms with Crippen molar-refractivity contribution in [3.05, 3.63) is 39.0 Å². The SMILES string of the molecule is CCCn1cc(C)nc1Nc1cc(Br)ccc1Br. The highest BCUT2D eigenvalue weighted by atomic mass is 79.9. The number of hydrogen-bond donors (Lipinski definition) is 1. The molecule has 1 aromatic heterocycles. The zero-order valence-electron chi connectivity index (χ0n) is 10.4. The second kappa shape index (κ2) is 5.89. The molecule has 0 aliphatic heterocycles. The fourth-order valence-electron chi connectivity index (χ4n) is 1.77. The molecule has 0 atom stereocenters. The zero-order chi connectivity index (χ0) is 13.1. The first kappa shape index (κ1) is 13.6. The molecule has 2 aromatic rings. The van der Waals surface area contributed by atoms with Gasteiger partial charge in [0.1, 0.15) is 0 Å². The number of nitrogens with zero attached hydrogens (tertiary/aromatic N) is 2. The molecule has 0 fully saturated rings. The van der Waals surface area contributed by atoms with Gasteiger partial charge in [-0.05, 0) is 47.5 Å². The number of nitrogens with one attached hydrogen (secondary N) is 1. The van der Waals surface area contributed by atoms with Crippen LogP contribution in [-0.4, -0.2) is 9.55 Å². The Morgan fingerprint density at radius 2 is 2.11 bits per heavy atom. The van der Waals surface area contributed by atoms with Crippen molar-refractivity contribution in [3.8, 4) is 0 Å². The van der Waals surface area contributed by atoms with Crippen molar-refractivity contribution in [2.24, 2.45) is 0 Å². The third-order valence-electron chi connectivity index (χ3n) is 2.54. The molecule has 0 aliphatic rings. The fraction of sp³-hybridized carbons (Fsp3) is 0.308. The Morgan fingerprint density at radius 1 is 1.33 bits per heavy atom. The van der Waals surface area contributed by atoms with E-state index >= 15 is 0 Å². The molecule has 3 nitrogen and oxygen atoms in total. The summed E-state index contributed by atoms with van der Waals surface area (Å²) in [5, 5.41) is 3.36. The molecule has 0 amide bonds. The highest BCUT2D eigenvalue weighted by Crippen LogP contribution is 2.28. The van der Waals surface area contributed by atoms with Crippen LogP contribution in [0.15, 0.2) is 33.3 Å². The van der Waals surface area contributed by atoms with E-state index in [2.05, 4.69) is 59.8 Å². The Morgan fingerprint density at radius 3 is 2.83 bits per heavy atom. The third kappa shape index (κ3) is 3.14. The number of aryl methyl sites for hydroxylation is 2. The molecule has 0 bridgehead atoms. The number of halogens is 2. The molecule has 0 spiro atoms. The summed E-state index contributed by atoms with van der Waals surface area (Å²) in [5.41, 5.74) is 2.03. The second-order valence-electron chi connectivity index (χ2n) is 4.15. The van der Waals surface area contributed by atoms with Gasteiger partial charge in [0.05, 0.1) is 11.4 Å². The Balaban J connectivity index is 2.30. The highest BCUT2D eigenvalue weighted by molar-refractivity contribution is 9.11. The summed E-state index contributed by atoms with van der Waals surface area (Å²) in [5.74, 6) is 0.883. The molecule has 1 heterocycles. The van der Waals surface area contributed by atoms with Crippen LogP contribution < -0.4 is 5.32 Å². The van der Waals surface area contributed by atoms with Gasteiger partial charge < -0.3 is 9.88 Å². The van der Waals surface area contributed by atoms with Crippen molar-refractivity contribution in [3.63, 3.8) is 0 Å². The lowest BCUT2D eigenvalue weighted by molar-refractivity contribution is 0.686. The van der Waals surface area contributed by atoms with E-state index < -0.39 is 0 Å². The van der Waals surface area contributed by atoms with E-state index in [1.165, 1.54) is 0 Å². The number of imidazole rings is 1. The smallest absolute Gasteiger partial charge is 0.207 e. The highest BCUT2D eigenvalue weighted by Gasteiger charge is 2.07. The van der Waals surface area contributed by atoms with Crippen LogP contribution in [0.1, 0.15) is 19.0 Å². The molecule has 1 aromatic carbocycles. The van der Waals surface area contributed by atoms with Crippen molar-refractivity contribution in [1.82, 2.24) is 9.55 Å². The molecule has 1 N–H and O–H groups in total. The Labute approximate surface area is 124 Å². The van der Waals surface area contributed by atoms with Crippen molar-refractivity contribution < 1.29 is 0 Å². The first-order chi connectivity index (χ1) is 8.60. The van der Waals surface area contributed by atoms with Crippen LogP contribution in [0, 0.1) is 6.92 Å². The van der Waals surface area contributed by atoms with Crippen molar-refractivity contribution in [2.45, 2.75) is 26.8 Å². The lowest BCUT2D eigenvalue weighted by Gasteiger charge is -2.10. The van der Waals surface area contributed by atoms with Crippen LogP contribution in [0.2, 0.25) is 0 Å². The van der Waals surface area contributed by atoms with E-state index in [4.69, 9.17) is 0 Å². The van der Waals surface area contributed by atoms with Gasteiger partial charge in [-0.3, -0.25) is 0 Å². The average Bonchev–Trinajstić information content (AvgIpc) is 2.65.